The maximum Gasteiger partial charge on any atom is 0.323 e. The van der Waals surface area contributed by atoms with E-state index in [1.165, 1.54) is 18.2 Å². The Morgan fingerprint density at radius 1 is 1.00 bits per heavy atom. The van der Waals surface area contributed by atoms with Crippen molar-refractivity contribution in [3.8, 4) is 0 Å². The zero-order chi connectivity index (χ0) is 14.3. The van der Waals surface area contributed by atoms with Crippen LogP contribution in [0.3, 0.4) is 0 Å². The number of nitrogens with one attached hydrogen (secondary N) is 2. The van der Waals surface area contributed by atoms with Crippen LogP contribution in [0.4, 0.5) is 4.39 Å². The van der Waals surface area contributed by atoms with Crippen LogP contribution >= 0.6 is 0 Å². The first-order valence-electron chi connectivity index (χ1n) is 6.07. The molecule has 20 heavy (non-hydrogen) atoms. The number of fused-ring (bicyclic) bond motifs is 1. The molecular formula is C15H11FN2O2. The zero-order valence-electron chi connectivity index (χ0n) is 10.7. The quantitative estimate of drug-likeness (QED) is 0.703. The topological polar surface area (TPSA) is 65.7 Å². The summed E-state index contributed by atoms with van der Waals surface area (Å²) in [5.74, 6) is -0.552. The number of hydrogen-bond donors (Lipinski definition) is 2. The molecule has 0 bridgehead atoms. The fourth-order valence-corrected chi connectivity index (χ4v) is 2.13. The second-order valence-corrected chi connectivity index (χ2v) is 4.63. The van der Waals surface area contributed by atoms with Gasteiger partial charge in [0.15, 0.2) is 5.78 Å². The molecule has 0 saturated heterocycles. The van der Waals surface area contributed by atoms with Gasteiger partial charge < -0.3 is 9.97 Å². The molecule has 0 amide bonds. The van der Waals surface area contributed by atoms with Gasteiger partial charge in [0.25, 0.3) is 0 Å². The Balaban J connectivity index is 2.07. The van der Waals surface area contributed by atoms with Crippen molar-refractivity contribution >= 4 is 16.8 Å². The van der Waals surface area contributed by atoms with Gasteiger partial charge in [-0.3, -0.25) is 4.79 Å². The van der Waals surface area contributed by atoms with Gasteiger partial charge in [0.05, 0.1) is 11.0 Å². The SMILES string of the molecule is Cc1cc(C(=O)c2ccc3[nH]c(=O)[nH]c3c2)ccc1F. The molecule has 0 aliphatic heterocycles. The van der Waals surface area contributed by atoms with Crippen LogP contribution in [0.1, 0.15) is 21.5 Å². The number of halogens is 1. The van der Waals surface area contributed by atoms with Crippen molar-refractivity contribution in [2.75, 3.05) is 0 Å². The van der Waals surface area contributed by atoms with Gasteiger partial charge in [-0.15, -0.1) is 0 Å². The van der Waals surface area contributed by atoms with Crippen LogP contribution in [-0.2, 0) is 0 Å². The second kappa shape index (κ2) is 4.45. The number of aromatic amines is 2. The molecule has 0 radical (unpaired) electrons. The molecule has 1 heterocycles. The summed E-state index contributed by atoms with van der Waals surface area (Å²) >= 11 is 0. The van der Waals surface area contributed by atoms with Crippen molar-refractivity contribution in [2.24, 2.45) is 0 Å². The highest BCUT2D eigenvalue weighted by Crippen LogP contribution is 2.16. The van der Waals surface area contributed by atoms with E-state index in [2.05, 4.69) is 9.97 Å². The number of aryl methyl sites for hydroxylation is 1. The summed E-state index contributed by atoms with van der Waals surface area (Å²) in [5, 5.41) is 0. The highest BCUT2D eigenvalue weighted by molar-refractivity contribution is 6.10. The number of benzene rings is 2. The molecule has 0 unspecified atom stereocenters. The molecule has 3 aromatic rings. The summed E-state index contributed by atoms with van der Waals surface area (Å²) in [4.78, 5) is 28.7. The number of aromatic nitrogens is 2. The van der Waals surface area contributed by atoms with Crippen molar-refractivity contribution < 1.29 is 9.18 Å². The largest absolute Gasteiger partial charge is 0.323 e. The molecule has 0 aliphatic carbocycles. The smallest absolute Gasteiger partial charge is 0.306 e. The lowest BCUT2D eigenvalue weighted by Gasteiger charge is -2.03. The van der Waals surface area contributed by atoms with E-state index < -0.39 is 0 Å². The fourth-order valence-electron chi connectivity index (χ4n) is 2.13. The minimum atomic E-state index is -0.341. The van der Waals surface area contributed by atoms with E-state index in [1.807, 2.05) is 0 Å². The Bertz CT molecular complexity index is 877. The van der Waals surface area contributed by atoms with Gasteiger partial charge in [-0.05, 0) is 48.9 Å². The van der Waals surface area contributed by atoms with Crippen molar-refractivity contribution in [3.63, 3.8) is 0 Å². The molecule has 1 aromatic heterocycles. The third kappa shape index (κ3) is 2.03. The first kappa shape index (κ1) is 12.3. The molecular weight excluding hydrogens is 259 g/mol. The summed E-state index contributed by atoms with van der Waals surface area (Å²) in [5.41, 5.74) is 2.18. The lowest BCUT2D eigenvalue weighted by molar-refractivity contribution is 0.103. The van der Waals surface area contributed by atoms with Crippen LogP contribution in [0, 0.1) is 12.7 Å². The standard InChI is InChI=1S/C15H11FN2O2/c1-8-6-9(2-4-11(8)16)14(19)10-3-5-12-13(7-10)18-15(20)17-12/h2-7H,1H3,(H2,17,18,20). The number of carbonyl (C=O) groups excluding carboxylic acids is 1. The molecule has 0 aliphatic rings. The highest BCUT2D eigenvalue weighted by atomic mass is 19.1. The average molecular weight is 270 g/mol. The Hall–Kier alpha value is -2.69. The highest BCUT2D eigenvalue weighted by Gasteiger charge is 2.12. The maximum atomic E-state index is 13.2. The van der Waals surface area contributed by atoms with Crippen molar-refractivity contribution in [1.29, 1.82) is 0 Å². The predicted molar refractivity (Wildman–Crippen MR) is 73.5 cm³/mol. The van der Waals surface area contributed by atoms with Crippen LogP contribution in [0.5, 0.6) is 0 Å². The van der Waals surface area contributed by atoms with Gasteiger partial charge in [-0.1, -0.05) is 0 Å². The summed E-state index contributed by atoms with van der Waals surface area (Å²) < 4.78 is 13.2. The molecule has 5 heteroatoms. The maximum absolute atomic E-state index is 13.2. The summed E-state index contributed by atoms with van der Waals surface area (Å²) in [6, 6.07) is 9.15. The van der Waals surface area contributed by atoms with Gasteiger partial charge in [-0.2, -0.15) is 0 Å². The third-order valence-corrected chi connectivity index (χ3v) is 3.20. The van der Waals surface area contributed by atoms with Crippen LogP contribution < -0.4 is 5.69 Å². The number of imidazole rings is 1. The van der Waals surface area contributed by atoms with Gasteiger partial charge in [0.2, 0.25) is 0 Å². The lowest BCUT2D eigenvalue weighted by Crippen LogP contribution is -2.02. The van der Waals surface area contributed by atoms with Crippen LogP contribution in [-0.4, -0.2) is 15.8 Å². The zero-order valence-corrected chi connectivity index (χ0v) is 10.7. The summed E-state index contributed by atoms with van der Waals surface area (Å²) in [6.07, 6.45) is 0. The van der Waals surface area contributed by atoms with E-state index in [4.69, 9.17) is 0 Å². The second-order valence-electron chi connectivity index (χ2n) is 4.63. The van der Waals surface area contributed by atoms with E-state index in [9.17, 15) is 14.0 Å². The Labute approximate surface area is 113 Å². The molecule has 0 fully saturated rings. The van der Waals surface area contributed by atoms with Gasteiger partial charge in [0.1, 0.15) is 5.82 Å². The molecule has 2 aromatic carbocycles. The van der Waals surface area contributed by atoms with Crippen molar-refractivity contribution in [3.05, 3.63) is 69.4 Å². The fraction of sp³-hybridized carbons (Fsp3) is 0.0667. The number of H-pyrrole nitrogens is 2. The minimum absolute atomic E-state index is 0.211. The van der Waals surface area contributed by atoms with Crippen LogP contribution in [0.15, 0.2) is 41.2 Å². The molecule has 0 atom stereocenters. The third-order valence-electron chi connectivity index (χ3n) is 3.20. The molecule has 100 valence electrons. The number of hydrogen-bond acceptors (Lipinski definition) is 2. The monoisotopic (exact) mass is 270 g/mol. The number of carbonyl (C=O) groups is 1. The molecule has 0 spiro atoms. The first-order valence-corrected chi connectivity index (χ1v) is 6.07. The Morgan fingerprint density at radius 3 is 2.40 bits per heavy atom. The predicted octanol–water partition coefficient (Wildman–Crippen LogP) is 2.53. The Kier molecular flexibility index (Phi) is 2.75. The molecule has 3 rings (SSSR count). The number of rotatable bonds is 2. The lowest BCUT2D eigenvalue weighted by atomic mass is 10.0. The van der Waals surface area contributed by atoms with E-state index in [0.29, 0.717) is 27.7 Å². The van der Waals surface area contributed by atoms with E-state index >= 15 is 0 Å². The van der Waals surface area contributed by atoms with E-state index in [0.717, 1.165) is 0 Å². The van der Waals surface area contributed by atoms with Crippen LogP contribution in [0.25, 0.3) is 11.0 Å². The summed E-state index contributed by atoms with van der Waals surface area (Å²) in [7, 11) is 0. The Morgan fingerprint density at radius 2 is 1.65 bits per heavy atom. The average Bonchev–Trinajstić information content (AvgIpc) is 2.80. The van der Waals surface area contributed by atoms with Gasteiger partial charge >= 0.3 is 5.69 Å². The molecule has 0 saturated carbocycles. The minimum Gasteiger partial charge on any atom is -0.306 e. The molecule has 4 nitrogen and oxygen atoms in total. The van der Waals surface area contributed by atoms with Crippen molar-refractivity contribution in [1.82, 2.24) is 9.97 Å². The normalized spacial score (nSPS) is 10.9. The first-order chi connectivity index (χ1) is 9.54. The van der Waals surface area contributed by atoms with Gasteiger partial charge in [-0.25, -0.2) is 9.18 Å². The van der Waals surface area contributed by atoms with E-state index in [1.54, 1.807) is 25.1 Å². The van der Waals surface area contributed by atoms with Crippen LogP contribution in [0.2, 0.25) is 0 Å². The van der Waals surface area contributed by atoms with Crippen molar-refractivity contribution in [2.45, 2.75) is 6.92 Å². The molecule has 2 N–H and O–H groups in total. The number of ketones is 1. The van der Waals surface area contributed by atoms with E-state index in [-0.39, 0.29) is 17.3 Å². The van der Waals surface area contributed by atoms with Gasteiger partial charge in [0, 0.05) is 11.1 Å². The summed E-state index contributed by atoms with van der Waals surface area (Å²) in [6.45, 7) is 1.61.